The molecule has 0 bridgehead atoms. The Labute approximate surface area is 161 Å². The molecule has 0 heterocycles. The van der Waals surface area contributed by atoms with E-state index in [0.29, 0.717) is 0 Å². The van der Waals surface area contributed by atoms with Crippen LogP contribution in [0.5, 0.6) is 0 Å². The van der Waals surface area contributed by atoms with E-state index in [1.54, 1.807) is 30.3 Å². The minimum atomic E-state index is -4.10. The van der Waals surface area contributed by atoms with Gasteiger partial charge in [-0.05, 0) is 23.8 Å². The number of hydrogen-bond donors (Lipinski definition) is 1. The van der Waals surface area contributed by atoms with E-state index in [4.69, 9.17) is 34.8 Å². The zero-order valence-electron chi connectivity index (χ0n) is 12.8. The van der Waals surface area contributed by atoms with Crippen LogP contribution in [0.3, 0.4) is 0 Å². The average molecular weight is 419 g/mol. The van der Waals surface area contributed by atoms with Crippen LogP contribution in [0.1, 0.15) is 5.56 Å². The highest BCUT2D eigenvalue weighted by molar-refractivity contribution is 7.92. The molecule has 0 aliphatic rings. The van der Waals surface area contributed by atoms with Gasteiger partial charge in [-0.2, -0.15) is 0 Å². The molecule has 1 amide bonds. The van der Waals surface area contributed by atoms with Crippen LogP contribution in [0, 0.1) is 0 Å². The van der Waals surface area contributed by atoms with Crippen molar-refractivity contribution in [2.45, 2.75) is 14.1 Å². The Morgan fingerprint density at radius 1 is 0.960 bits per heavy atom. The lowest BCUT2D eigenvalue weighted by atomic mass is 10.2. The van der Waals surface area contributed by atoms with E-state index < -0.39 is 24.9 Å². The van der Waals surface area contributed by atoms with Gasteiger partial charge in [0, 0.05) is 6.08 Å². The number of sulfone groups is 1. The van der Waals surface area contributed by atoms with Gasteiger partial charge < -0.3 is 5.32 Å². The molecule has 0 radical (unpaired) electrons. The van der Waals surface area contributed by atoms with Crippen molar-refractivity contribution in [3.05, 3.63) is 72.3 Å². The Morgan fingerprint density at radius 2 is 1.48 bits per heavy atom. The molecule has 2 rings (SSSR count). The zero-order chi connectivity index (χ0) is 18.5. The Kier molecular flexibility index (Phi) is 6.52. The minimum absolute atomic E-state index is 0.0568. The predicted octanol–water partition coefficient (Wildman–Crippen LogP) is 3.99. The van der Waals surface area contributed by atoms with Crippen molar-refractivity contribution >= 4 is 56.6 Å². The van der Waals surface area contributed by atoms with E-state index in [2.05, 4.69) is 5.32 Å². The van der Waals surface area contributed by atoms with Crippen LogP contribution in [0.15, 0.2) is 71.6 Å². The van der Waals surface area contributed by atoms with Crippen LogP contribution in [0.25, 0.3) is 6.08 Å². The lowest BCUT2D eigenvalue weighted by Gasteiger charge is -2.25. The van der Waals surface area contributed by atoms with Gasteiger partial charge in [0.25, 0.3) is 0 Å². The highest BCUT2D eigenvalue weighted by Gasteiger charge is 2.44. The number of halogens is 3. The number of nitrogens with one attached hydrogen (secondary N) is 1. The second-order valence-electron chi connectivity index (χ2n) is 5.03. The summed E-state index contributed by atoms with van der Waals surface area (Å²) in [4.78, 5) is 12.1. The summed E-state index contributed by atoms with van der Waals surface area (Å²) in [6.07, 6.45) is 2.71. The molecule has 25 heavy (non-hydrogen) atoms. The van der Waals surface area contributed by atoms with Crippen molar-refractivity contribution in [3.8, 4) is 0 Å². The maximum Gasteiger partial charge on any atom is 0.245 e. The Balaban J connectivity index is 2.25. The summed E-state index contributed by atoms with van der Waals surface area (Å²) >= 11 is 17.4. The second-order valence-corrected chi connectivity index (χ2v) is 9.43. The topological polar surface area (TPSA) is 63.2 Å². The highest BCUT2D eigenvalue weighted by atomic mass is 35.6. The molecule has 2 aromatic rings. The Hall–Kier alpha value is -1.53. The highest BCUT2D eigenvalue weighted by Crippen LogP contribution is 2.35. The molecule has 0 fully saturated rings. The van der Waals surface area contributed by atoms with Gasteiger partial charge in [0.15, 0.2) is 5.37 Å². The third-order valence-electron chi connectivity index (χ3n) is 3.18. The average Bonchev–Trinajstić information content (AvgIpc) is 2.58. The van der Waals surface area contributed by atoms with Crippen LogP contribution in [-0.2, 0) is 14.6 Å². The molecule has 0 saturated carbocycles. The van der Waals surface area contributed by atoms with Gasteiger partial charge in [0.1, 0.15) is 0 Å². The number of benzene rings is 2. The van der Waals surface area contributed by atoms with E-state index in [9.17, 15) is 13.2 Å². The molecule has 1 N–H and O–H groups in total. The van der Waals surface area contributed by atoms with Crippen molar-refractivity contribution < 1.29 is 13.2 Å². The summed E-state index contributed by atoms with van der Waals surface area (Å²) in [6.45, 7) is 0. The van der Waals surface area contributed by atoms with Gasteiger partial charge >= 0.3 is 0 Å². The Morgan fingerprint density at radius 3 is 2.00 bits per heavy atom. The van der Waals surface area contributed by atoms with Gasteiger partial charge in [0.2, 0.25) is 19.5 Å². The Bertz CT molecular complexity index is 848. The van der Waals surface area contributed by atoms with Crippen LogP contribution in [0.2, 0.25) is 0 Å². The standard InChI is InChI=1S/C17H14Cl3NO3S/c18-17(19,20)16(25(23,24)14-9-5-2-6-10-14)21-15(22)12-11-13-7-3-1-4-8-13/h1-12,16H,(H,21,22)/b12-11+. The number of rotatable bonds is 5. The van der Waals surface area contributed by atoms with Gasteiger partial charge in [-0.1, -0.05) is 83.3 Å². The summed E-state index contributed by atoms with van der Waals surface area (Å²) in [5, 5.41) is 0.521. The number of hydrogen-bond acceptors (Lipinski definition) is 3. The van der Waals surface area contributed by atoms with Crippen molar-refractivity contribution in [2.24, 2.45) is 0 Å². The summed E-state index contributed by atoms with van der Waals surface area (Å²) < 4.78 is 23.1. The fourth-order valence-electron chi connectivity index (χ4n) is 1.99. The normalized spacial score (nSPS) is 13.6. The first-order chi connectivity index (χ1) is 11.7. The molecule has 132 valence electrons. The molecule has 1 unspecified atom stereocenters. The van der Waals surface area contributed by atoms with Gasteiger partial charge in [-0.15, -0.1) is 0 Å². The molecule has 0 aromatic heterocycles. The maximum atomic E-state index is 12.7. The van der Waals surface area contributed by atoms with Crippen molar-refractivity contribution in [2.75, 3.05) is 0 Å². The quantitative estimate of drug-likeness (QED) is 0.590. The first-order valence-electron chi connectivity index (χ1n) is 7.10. The van der Waals surface area contributed by atoms with Crippen molar-refractivity contribution in [1.29, 1.82) is 0 Å². The predicted molar refractivity (Wildman–Crippen MR) is 101 cm³/mol. The maximum absolute atomic E-state index is 12.7. The van der Waals surface area contributed by atoms with Crippen LogP contribution in [0.4, 0.5) is 0 Å². The molecule has 0 saturated heterocycles. The largest absolute Gasteiger partial charge is 0.332 e. The zero-order valence-corrected chi connectivity index (χ0v) is 15.9. The van der Waals surface area contributed by atoms with Crippen LogP contribution >= 0.6 is 34.8 Å². The van der Waals surface area contributed by atoms with E-state index in [0.717, 1.165) is 5.56 Å². The molecule has 0 aliphatic carbocycles. The molecule has 2 aromatic carbocycles. The minimum Gasteiger partial charge on any atom is -0.332 e. The van der Waals surface area contributed by atoms with E-state index in [1.807, 2.05) is 18.2 Å². The summed E-state index contributed by atoms with van der Waals surface area (Å²) in [5.41, 5.74) is 0.772. The number of carbonyl (C=O) groups is 1. The number of amides is 1. The van der Waals surface area contributed by atoms with Crippen LogP contribution in [-0.4, -0.2) is 23.5 Å². The lowest BCUT2D eigenvalue weighted by molar-refractivity contribution is -0.116. The van der Waals surface area contributed by atoms with Crippen molar-refractivity contribution in [1.82, 2.24) is 5.32 Å². The molecule has 8 heteroatoms. The third kappa shape index (κ3) is 5.47. The molecule has 4 nitrogen and oxygen atoms in total. The fraction of sp³-hybridized carbons (Fsp3) is 0.118. The number of alkyl halides is 3. The summed E-state index contributed by atoms with van der Waals surface area (Å²) in [6, 6.07) is 16.5. The van der Waals surface area contributed by atoms with Crippen molar-refractivity contribution in [3.63, 3.8) is 0 Å². The van der Waals surface area contributed by atoms with Crippen LogP contribution < -0.4 is 5.32 Å². The molecule has 1 atom stereocenters. The number of carbonyl (C=O) groups excluding carboxylic acids is 1. The second kappa shape index (κ2) is 8.23. The molecular weight excluding hydrogens is 405 g/mol. The van der Waals surface area contributed by atoms with E-state index in [1.165, 1.54) is 24.3 Å². The van der Waals surface area contributed by atoms with Gasteiger partial charge in [0.05, 0.1) is 4.90 Å². The van der Waals surface area contributed by atoms with E-state index >= 15 is 0 Å². The summed E-state index contributed by atoms with van der Waals surface area (Å²) in [7, 11) is -4.10. The first kappa shape index (κ1) is 19.8. The van der Waals surface area contributed by atoms with Gasteiger partial charge in [-0.3, -0.25) is 4.79 Å². The molecular formula is C17H14Cl3NO3S. The molecule has 0 aliphatic heterocycles. The lowest BCUT2D eigenvalue weighted by Crippen LogP contribution is -2.48. The first-order valence-corrected chi connectivity index (χ1v) is 9.78. The van der Waals surface area contributed by atoms with E-state index in [-0.39, 0.29) is 4.90 Å². The van der Waals surface area contributed by atoms with Gasteiger partial charge in [-0.25, -0.2) is 8.42 Å². The third-order valence-corrected chi connectivity index (χ3v) is 6.24. The SMILES string of the molecule is O=C(/C=C/c1ccccc1)NC(C(Cl)(Cl)Cl)S(=O)(=O)c1ccccc1. The summed E-state index contributed by atoms with van der Waals surface area (Å²) in [5.74, 6) is -0.695. The fourth-order valence-corrected chi connectivity index (χ4v) is 4.65. The molecule has 0 spiro atoms. The monoisotopic (exact) mass is 417 g/mol. The smallest absolute Gasteiger partial charge is 0.245 e.